The van der Waals surface area contributed by atoms with Crippen molar-refractivity contribution >= 4 is 53.2 Å². The number of methoxy groups -OCH3 is 1. The summed E-state index contributed by atoms with van der Waals surface area (Å²) >= 11 is 3.44. The molecular formula is C26H32N6O6S2. The summed E-state index contributed by atoms with van der Waals surface area (Å²) in [6.45, 7) is 5.66. The second-order valence-corrected chi connectivity index (χ2v) is 14.7. The highest BCUT2D eigenvalue weighted by atomic mass is 32.2. The van der Waals surface area contributed by atoms with Gasteiger partial charge in [0.05, 0.1) is 23.8 Å². The Bertz CT molecular complexity index is 1270. The van der Waals surface area contributed by atoms with Gasteiger partial charge in [-0.05, 0) is 17.5 Å². The van der Waals surface area contributed by atoms with E-state index in [-0.39, 0.29) is 22.9 Å². The van der Waals surface area contributed by atoms with Crippen molar-refractivity contribution in [2.24, 2.45) is 5.41 Å². The van der Waals surface area contributed by atoms with Gasteiger partial charge in [0.15, 0.2) is 11.6 Å². The van der Waals surface area contributed by atoms with Gasteiger partial charge in [0.1, 0.15) is 18.1 Å². The third kappa shape index (κ3) is 4.94. The summed E-state index contributed by atoms with van der Waals surface area (Å²) in [4.78, 5) is 60.7. The number of alkyl carbamates (subject to hydrolysis) is 1. The molecule has 1 aromatic heterocycles. The lowest BCUT2D eigenvalue weighted by atomic mass is 9.85. The van der Waals surface area contributed by atoms with Crippen LogP contribution in [0.25, 0.3) is 0 Å². The largest absolute Gasteiger partial charge is 0.472 e. The van der Waals surface area contributed by atoms with Crippen molar-refractivity contribution in [1.29, 1.82) is 5.26 Å². The number of likely N-dealkylation sites (tertiary alicyclic amines) is 2. The van der Waals surface area contributed by atoms with Gasteiger partial charge in [0.25, 0.3) is 5.91 Å². The van der Waals surface area contributed by atoms with Gasteiger partial charge in [0, 0.05) is 37.1 Å². The van der Waals surface area contributed by atoms with Gasteiger partial charge in [0.2, 0.25) is 17.4 Å². The first-order chi connectivity index (χ1) is 18.9. The Hall–Kier alpha value is -3.18. The van der Waals surface area contributed by atoms with E-state index in [9.17, 15) is 24.4 Å². The predicted octanol–water partition coefficient (Wildman–Crippen LogP) is 1.82. The zero-order valence-electron chi connectivity index (χ0n) is 22.8. The van der Waals surface area contributed by atoms with Gasteiger partial charge in [-0.1, -0.05) is 20.8 Å². The first kappa shape index (κ1) is 28.4. The standard InChI is InChI=1S/C26H32N6O6S2/c1-24(2,3)18(29-23(36)37-4)21(34)32-14-26(39-8-9-40-26)11-16(32)20(33)31-13-25(10-15(31)12-27)22(35)30-19-17(38-25)6-5-7-28-19/h5-7,15-16,18H,8-11,13-14H2,1-4H3,(H,29,36)(H,28,30,35)/t15-,16-,18+,25+/m0/s1. The van der Waals surface area contributed by atoms with Crippen LogP contribution in [0, 0.1) is 16.7 Å². The maximum atomic E-state index is 14.3. The van der Waals surface area contributed by atoms with Crippen LogP contribution < -0.4 is 15.4 Å². The summed E-state index contributed by atoms with van der Waals surface area (Å²) < 4.78 is 10.5. The van der Waals surface area contributed by atoms with Gasteiger partial charge >= 0.3 is 6.09 Å². The van der Waals surface area contributed by atoms with Crippen LogP contribution in [0.5, 0.6) is 5.75 Å². The molecule has 4 aliphatic heterocycles. The number of hydrogen-bond donors (Lipinski definition) is 2. The van der Waals surface area contributed by atoms with Crippen LogP contribution >= 0.6 is 23.5 Å². The molecular weight excluding hydrogens is 556 g/mol. The van der Waals surface area contributed by atoms with Crippen LogP contribution in [0.1, 0.15) is 33.6 Å². The van der Waals surface area contributed by atoms with E-state index in [2.05, 4.69) is 21.7 Å². The van der Waals surface area contributed by atoms with Crippen molar-refractivity contribution in [2.75, 3.05) is 37.0 Å². The van der Waals surface area contributed by atoms with Crippen LogP contribution in [-0.4, -0.2) is 98.1 Å². The van der Waals surface area contributed by atoms with Crippen LogP contribution in [0.3, 0.4) is 0 Å². The van der Waals surface area contributed by atoms with E-state index in [1.54, 1.807) is 40.6 Å². The van der Waals surface area contributed by atoms with Crippen molar-refractivity contribution in [3.05, 3.63) is 18.3 Å². The number of pyridine rings is 1. The monoisotopic (exact) mass is 588 g/mol. The summed E-state index contributed by atoms with van der Waals surface area (Å²) in [6, 6.07) is 2.76. The van der Waals surface area contributed by atoms with E-state index in [4.69, 9.17) is 9.47 Å². The molecule has 0 radical (unpaired) electrons. The maximum Gasteiger partial charge on any atom is 0.407 e. The third-order valence-corrected chi connectivity index (χ3v) is 11.1. The topological polar surface area (TPSA) is 154 Å². The second-order valence-electron chi connectivity index (χ2n) is 11.4. The summed E-state index contributed by atoms with van der Waals surface area (Å²) in [7, 11) is 1.23. The molecule has 12 nitrogen and oxygen atoms in total. The summed E-state index contributed by atoms with van der Waals surface area (Å²) in [5.41, 5.74) is -2.12. The van der Waals surface area contributed by atoms with Crippen LogP contribution in [0.15, 0.2) is 18.3 Å². The molecule has 0 bridgehead atoms. The second kappa shape index (κ2) is 10.3. The summed E-state index contributed by atoms with van der Waals surface area (Å²) in [5.74, 6) is 1.16. The fraction of sp³-hybridized carbons (Fsp3) is 0.615. The van der Waals surface area contributed by atoms with E-state index in [0.717, 1.165) is 11.5 Å². The van der Waals surface area contributed by atoms with Crippen LogP contribution in [0.2, 0.25) is 0 Å². The zero-order valence-corrected chi connectivity index (χ0v) is 24.4. The molecule has 0 unspecified atom stereocenters. The Labute approximate surface area is 240 Å². The zero-order chi connectivity index (χ0) is 28.9. The minimum atomic E-state index is -1.45. The molecule has 4 atom stereocenters. The van der Waals surface area contributed by atoms with Crippen LogP contribution in [-0.2, 0) is 19.1 Å². The molecule has 4 aliphatic rings. The number of nitrogens with one attached hydrogen (secondary N) is 2. The highest BCUT2D eigenvalue weighted by Crippen LogP contribution is 2.52. The molecule has 4 amide bonds. The Morgan fingerprint density at radius 3 is 2.62 bits per heavy atom. The first-order valence-electron chi connectivity index (χ1n) is 13.0. The van der Waals surface area contributed by atoms with Gasteiger partial charge in [-0.15, -0.1) is 23.5 Å². The van der Waals surface area contributed by atoms with Crippen molar-refractivity contribution in [3.8, 4) is 11.8 Å². The Morgan fingerprint density at radius 1 is 1.25 bits per heavy atom. The third-order valence-electron chi connectivity index (χ3n) is 7.71. The minimum Gasteiger partial charge on any atom is -0.472 e. The number of amides is 4. The molecule has 2 N–H and O–H groups in total. The van der Waals surface area contributed by atoms with Crippen molar-refractivity contribution in [2.45, 2.75) is 61.4 Å². The quantitative estimate of drug-likeness (QED) is 0.534. The molecule has 5 rings (SSSR count). The number of hydrogen-bond acceptors (Lipinski definition) is 10. The normalized spacial score (nSPS) is 27.5. The number of nitriles is 1. The molecule has 0 aliphatic carbocycles. The number of nitrogens with zero attached hydrogens (tertiary/aromatic N) is 4. The van der Waals surface area contributed by atoms with Gasteiger partial charge < -0.3 is 29.9 Å². The number of rotatable bonds is 3. The van der Waals surface area contributed by atoms with Crippen molar-refractivity contribution in [1.82, 2.24) is 20.1 Å². The number of fused-ring (bicyclic) bond motifs is 1. The molecule has 3 saturated heterocycles. The Balaban J connectivity index is 1.45. The van der Waals surface area contributed by atoms with E-state index in [1.807, 2.05) is 20.8 Å². The molecule has 214 valence electrons. The molecule has 0 saturated carbocycles. The highest BCUT2D eigenvalue weighted by molar-refractivity contribution is 8.21. The number of carbonyl (C=O) groups excluding carboxylic acids is 4. The first-order valence-corrected chi connectivity index (χ1v) is 15.0. The average molecular weight is 589 g/mol. The Morgan fingerprint density at radius 2 is 1.98 bits per heavy atom. The smallest absolute Gasteiger partial charge is 0.407 e. The summed E-state index contributed by atoms with van der Waals surface area (Å²) in [6.07, 6.45) is 1.17. The predicted molar refractivity (Wildman–Crippen MR) is 149 cm³/mol. The summed E-state index contributed by atoms with van der Waals surface area (Å²) in [5, 5.41) is 15.4. The van der Waals surface area contributed by atoms with E-state index in [0.29, 0.717) is 18.7 Å². The van der Waals surface area contributed by atoms with Crippen LogP contribution in [0.4, 0.5) is 10.6 Å². The van der Waals surface area contributed by atoms with Gasteiger partial charge in [-0.2, -0.15) is 5.26 Å². The van der Waals surface area contributed by atoms with E-state index < -0.39 is 53.0 Å². The number of anilines is 1. The SMILES string of the molecule is COC(=O)N[C@H](C(=O)N1CC2(C[C@H]1C(=O)N1C[C@@]3(C[C@H]1C#N)Oc1cccnc1NC3=O)SCCS2)C(C)(C)C. The lowest BCUT2D eigenvalue weighted by Crippen LogP contribution is -2.59. The van der Waals surface area contributed by atoms with Crippen molar-refractivity contribution in [3.63, 3.8) is 0 Å². The lowest BCUT2D eigenvalue weighted by molar-refractivity contribution is -0.147. The molecule has 1 aromatic rings. The molecule has 14 heteroatoms. The molecule has 0 aromatic carbocycles. The fourth-order valence-corrected chi connectivity index (χ4v) is 8.94. The minimum absolute atomic E-state index is 0.0147. The molecule has 2 spiro atoms. The highest BCUT2D eigenvalue weighted by Gasteiger charge is 2.59. The lowest BCUT2D eigenvalue weighted by Gasteiger charge is -2.36. The van der Waals surface area contributed by atoms with Gasteiger partial charge in [-0.3, -0.25) is 14.4 Å². The number of aromatic nitrogens is 1. The van der Waals surface area contributed by atoms with Crippen molar-refractivity contribution < 1.29 is 28.7 Å². The average Bonchev–Trinajstić information content (AvgIpc) is 3.64. The molecule has 40 heavy (non-hydrogen) atoms. The Kier molecular flexibility index (Phi) is 7.33. The number of ether oxygens (including phenoxy) is 2. The van der Waals surface area contributed by atoms with E-state index >= 15 is 0 Å². The maximum absolute atomic E-state index is 14.3. The number of carbonyl (C=O) groups is 4. The number of thioether (sulfide) groups is 2. The van der Waals surface area contributed by atoms with Gasteiger partial charge in [-0.25, -0.2) is 9.78 Å². The van der Waals surface area contributed by atoms with E-state index in [1.165, 1.54) is 18.2 Å². The fourth-order valence-electron chi connectivity index (χ4n) is 5.68. The molecule has 5 heterocycles. The molecule has 3 fully saturated rings.